The number of carbonyl (C=O) groups is 2. The van der Waals surface area contributed by atoms with Crippen LogP contribution >= 0.6 is 37.2 Å². The van der Waals surface area contributed by atoms with Crippen LogP contribution in [0, 0.1) is 5.41 Å². The normalized spacial score (nSPS) is 13.4. The van der Waals surface area contributed by atoms with Crippen molar-refractivity contribution in [3.05, 3.63) is 29.8 Å². The molecule has 1 amide bonds. The number of carbonyl (C=O) groups excluding carboxylic acids is 2. The van der Waals surface area contributed by atoms with Gasteiger partial charge in [0, 0.05) is 44.0 Å². The first kappa shape index (κ1) is 30.5. The topological polar surface area (TPSA) is 112 Å². The summed E-state index contributed by atoms with van der Waals surface area (Å²) in [6, 6.07) is 7.63. The number of benzene rings is 1. The number of halogens is 3. The van der Waals surface area contributed by atoms with Gasteiger partial charge in [-0.1, -0.05) is 0 Å². The summed E-state index contributed by atoms with van der Waals surface area (Å²) in [6.45, 7) is 7.46. The van der Waals surface area contributed by atoms with Gasteiger partial charge >= 0.3 is 5.97 Å². The van der Waals surface area contributed by atoms with E-state index >= 15 is 0 Å². The highest BCUT2D eigenvalue weighted by molar-refractivity contribution is 5.95. The van der Waals surface area contributed by atoms with Gasteiger partial charge in [-0.15, -0.1) is 37.2 Å². The van der Waals surface area contributed by atoms with Crippen molar-refractivity contribution in [1.29, 1.82) is 5.41 Å². The zero-order chi connectivity index (χ0) is 19.8. The summed E-state index contributed by atoms with van der Waals surface area (Å²) in [6.07, 6.45) is 0.0525. The Hall–Kier alpha value is -1.74. The SMILES string of the molecule is CC(C)OC(=O)CCNC(=O)CN1CCN(c2ccc(C(=N)N)cc2)CC1.Cl.Cl.Cl. The zero-order valence-corrected chi connectivity index (χ0v) is 19.7. The minimum atomic E-state index is -0.297. The van der Waals surface area contributed by atoms with Gasteiger partial charge in [0.05, 0.1) is 19.1 Å². The Labute approximate surface area is 196 Å². The Balaban J connectivity index is 0. The molecule has 0 aromatic heterocycles. The number of piperazine rings is 1. The van der Waals surface area contributed by atoms with Gasteiger partial charge in [-0.2, -0.15) is 0 Å². The van der Waals surface area contributed by atoms with Crippen molar-refractivity contribution >= 4 is 60.6 Å². The van der Waals surface area contributed by atoms with Crippen molar-refractivity contribution in [3.8, 4) is 0 Å². The number of nitrogens with two attached hydrogens (primary N) is 1. The minimum Gasteiger partial charge on any atom is -0.463 e. The molecule has 2 rings (SSSR count). The third-order valence-electron chi connectivity index (χ3n) is 4.30. The molecule has 1 saturated heterocycles. The molecule has 0 bridgehead atoms. The van der Waals surface area contributed by atoms with Gasteiger partial charge in [0.25, 0.3) is 0 Å². The van der Waals surface area contributed by atoms with Crippen LogP contribution in [-0.4, -0.2) is 68.0 Å². The van der Waals surface area contributed by atoms with E-state index in [2.05, 4.69) is 15.1 Å². The highest BCUT2D eigenvalue weighted by Crippen LogP contribution is 2.17. The quantitative estimate of drug-likeness (QED) is 0.295. The van der Waals surface area contributed by atoms with E-state index in [0.717, 1.165) is 31.9 Å². The number of amides is 1. The molecule has 4 N–H and O–H groups in total. The molecule has 30 heavy (non-hydrogen) atoms. The van der Waals surface area contributed by atoms with Crippen LogP contribution in [0.1, 0.15) is 25.8 Å². The molecule has 1 aromatic carbocycles. The lowest BCUT2D eigenvalue weighted by Crippen LogP contribution is -2.49. The van der Waals surface area contributed by atoms with Gasteiger partial charge in [0.15, 0.2) is 0 Å². The second-order valence-electron chi connectivity index (χ2n) is 6.86. The van der Waals surface area contributed by atoms with Crippen LogP contribution in [-0.2, 0) is 14.3 Å². The smallest absolute Gasteiger partial charge is 0.307 e. The van der Waals surface area contributed by atoms with Crippen LogP contribution < -0.4 is 16.0 Å². The summed E-state index contributed by atoms with van der Waals surface area (Å²) in [5.41, 5.74) is 7.28. The fraction of sp³-hybridized carbons (Fsp3) is 0.526. The van der Waals surface area contributed by atoms with Gasteiger partial charge < -0.3 is 20.7 Å². The molecule has 0 spiro atoms. The predicted molar refractivity (Wildman–Crippen MR) is 127 cm³/mol. The van der Waals surface area contributed by atoms with Crippen LogP contribution in [0.2, 0.25) is 0 Å². The number of rotatable bonds is 8. The monoisotopic (exact) mass is 483 g/mol. The number of hydrogen-bond donors (Lipinski definition) is 3. The Morgan fingerprint density at radius 1 is 1.10 bits per heavy atom. The average molecular weight is 485 g/mol. The Bertz CT molecular complexity index is 666. The van der Waals surface area contributed by atoms with Gasteiger partial charge in [-0.05, 0) is 38.1 Å². The van der Waals surface area contributed by atoms with Crippen molar-refractivity contribution in [2.24, 2.45) is 5.73 Å². The molecule has 11 heteroatoms. The Morgan fingerprint density at radius 2 is 1.67 bits per heavy atom. The third-order valence-corrected chi connectivity index (χ3v) is 4.30. The average Bonchev–Trinajstić information content (AvgIpc) is 2.62. The van der Waals surface area contributed by atoms with Crippen LogP contribution in [0.25, 0.3) is 0 Å². The number of nitrogen functional groups attached to an aromatic ring is 1. The highest BCUT2D eigenvalue weighted by atomic mass is 35.5. The molecule has 1 aliphatic heterocycles. The van der Waals surface area contributed by atoms with Crippen molar-refractivity contribution < 1.29 is 14.3 Å². The standard InChI is InChI=1S/C19H29N5O3.3ClH/c1-14(2)27-18(26)7-8-22-17(25)13-23-9-11-24(12-10-23)16-5-3-15(4-6-16)19(20)21;;;/h3-6,14H,7-13H2,1-2H3,(H3,20,21)(H,22,25);3*1H. The maximum atomic E-state index is 12.0. The molecule has 0 radical (unpaired) electrons. The van der Waals surface area contributed by atoms with Gasteiger partial charge in [-0.3, -0.25) is 19.9 Å². The van der Waals surface area contributed by atoms with E-state index in [9.17, 15) is 9.59 Å². The molecule has 0 atom stereocenters. The van der Waals surface area contributed by atoms with Crippen molar-refractivity contribution in [3.63, 3.8) is 0 Å². The summed E-state index contributed by atoms with van der Waals surface area (Å²) in [5.74, 6) is -0.309. The number of esters is 1. The molecule has 1 aromatic rings. The number of anilines is 1. The lowest BCUT2D eigenvalue weighted by Gasteiger charge is -2.35. The summed E-state index contributed by atoms with van der Waals surface area (Å²) >= 11 is 0. The number of nitrogens with zero attached hydrogens (tertiary/aromatic N) is 2. The van der Waals surface area contributed by atoms with Crippen molar-refractivity contribution in [2.45, 2.75) is 26.4 Å². The molecule has 1 heterocycles. The fourth-order valence-electron chi connectivity index (χ4n) is 2.90. The Morgan fingerprint density at radius 3 is 2.17 bits per heavy atom. The fourth-order valence-corrected chi connectivity index (χ4v) is 2.90. The van der Waals surface area contributed by atoms with E-state index in [4.69, 9.17) is 15.9 Å². The second-order valence-corrected chi connectivity index (χ2v) is 6.86. The molecule has 0 unspecified atom stereocenters. The lowest BCUT2D eigenvalue weighted by atomic mass is 10.1. The lowest BCUT2D eigenvalue weighted by molar-refractivity contribution is -0.147. The van der Waals surface area contributed by atoms with E-state index < -0.39 is 0 Å². The molecule has 172 valence electrons. The minimum absolute atomic E-state index is 0. The maximum Gasteiger partial charge on any atom is 0.307 e. The highest BCUT2D eigenvalue weighted by Gasteiger charge is 2.19. The van der Waals surface area contributed by atoms with Gasteiger partial charge in [-0.25, -0.2) is 0 Å². The third kappa shape index (κ3) is 10.3. The molecular weight excluding hydrogens is 453 g/mol. The van der Waals surface area contributed by atoms with Crippen molar-refractivity contribution in [1.82, 2.24) is 10.2 Å². The van der Waals surface area contributed by atoms with Crippen LogP contribution in [0.5, 0.6) is 0 Å². The predicted octanol–water partition coefficient (Wildman–Crippen LogP) is 1.82. The largest absolute Gasteiger partial charge is 0.463 e. The van der Waals surface area contributed by atoms with Crippen molar-refractivity contribution in [2.75, 3.05) is 44.2 Å². The summed E-state index contributed by atoms with van der Waals surface area (Å²) in [5, 5.41) is 10.2. The van der Waals surface area contributed by atoms with Gasteiger partial charge in [0.2, 0.25) is 5.91 Å². The summed E-state index contributed by atoms with van der Waals surface area (Å²) in [4.78, 5) is 27.8. The van der Waals surface area contributed by atoms with Gasteiger partial charge in [0.1, 0.15) is 5.84 Å². The van der Waals surface area contributed by atoms with E-state index in [1.54, 1.807) is 13.8 Å². The second kappa shape index (κ2) is 15.1. The molecule has 1 fully saturated rings. The number of hydrogen-bond acceptors (Lipinski definition) is 6. The number of amidine groups is 1. The van der Waals surface area contributed by atoms with E-state index in [-0.39, 0.29) is 67.5 Å². The zero-order valence-electron chi connectivity index (χ0n) is 17.3. The van der Waals surface area contributed by atoms with Crippen LogP contribution in [0.4, 0.5) is 5.69 Å². The van der Waals surface area contributed by atoms with E-state index in [1.807, 2.05) is 24.3 Å². The summed E-state index contributed by atoms with van der Waals surface area (Å²) < 4.78 is 5.03. The molecule has 0 saturated carbocycles. The number of ether oxygens (including phenoxy) is 1. The first-order valence-corrected chi connectivity index (χ1v) is 9.23. The maximum absolute atomic E-state index is 12.0. The van der Waals surface area contributed by atoms with E-state index in [0.29, 0.717) is 18.7 Å². The summed E-state index contributed by atoms with van der Waals surface area (Å²) in [7, 11) is 0. The first-order valence-electron chi connectivity index (χ1n) is 9.23. The Kier molecular flexibility index (Phi) is 15.3. The first-order chi connectivity index (χ1) is 12.8. The molecule has 1 aliphatic rings. The van der Waals surface area contributed by atoms with Crippen LogP contribution in [0.3, 0.4) is 0 Å². The molecule has 0 aliphatic carbocycles. The molecule has 8 nitrogen and oxygen atoms in total. The number of nitrogens with one attached hydrogen (secondary N) is 2. The van der Waals surface area contributed by atoms with Crippen LogP contribution in [0.15, 0.2) is 24.3 Å². The molecular formula is C19H32Cl3N5O3. The van der Waals surface area contributed by atoms with E-state index in [1.165, 1.54) is 0 Å².